The average molecular weight is 547 g/mol. The van der Waals surface area contributed by atoms with E-state index in [4.69, 9.17) is 9.57 Å². The van der Waals surface area contributed by atoms with Crippen molar-refractivity contribution >= 4 is 11.8 Å². The van der Waals surface area contributed by atoms with E-state index in [0.717, 1.165) is 60.6 Å². The molecule has 0 radical (unpaired) electrons. The summed E-state index contributed by atoms with van der Waals surface area (Å²) < 4.78 is 21.2. The fourth-order valence-corrected chi connectivity index (χ4v) is 6.33. The highest BCUT2D eigenvalue weighted by atomic mass is 19.1. The number of benzene rings is 2. The van der Waals surface area contributed by atoms with Gasteiger partial charge in [0.05, 0.1) is 30.1 Å². The molecule has 6 rings (SSSR count). The van der Waals surface area contributed by atoms with Crippen LogP contribution in [0.1, 0.15) is 68.6 Å². The van der Waals surface area contributed by atoms with E-state index >= 15 is 0 Å². The second kappa shape index (κ2) is 10.1. The standard InChI is InChI=1S/C31H35FN4O4/c1-3-39-28-22(7-8-23(27(28)21-5-6-21)24-14-20(16-33)4-9-25(24)32)17-35-18-31(19-35)15-26(34-40-31)36-12-10-30(2,11-13-36)29(37)38/h4,7-9,14,21H,3,5-6,10-13,15,17-19H2,1-2H3,(H,37,38). The molecule has 3 heterocycles. The van der Waals surface area contributed by atoms with Gasteiger partial charge in [-0.1, -0.05) is 17.3 Å². The molecule has 0 aromatic heterocycles. The van der Waals surface area contributed by atoms with Gasteiger partial charge >= 0.3 is 5.97 Å². The molecule has 40 heavy (non-hydrogen) atoms. The lowest BCUT2D eigenvalue weighted by Gasteiger charge is -2.46. The predicted octanol–water partition coefficient (Wildman–Crippen LogP) is 5.12. The van der Waals surface area contributed by atoms with Crippen LogP contribution in [0.4, 0.5) is 4.39 Å². The lowest BCUT2D eigenvalue weighted by atomic mass is 9.80. The lowest BCUT2D eigenvalue weighted by molar-refractivity contribution is -0.150. The Hall–Kier alpha value is -3.64. The van der Waals surface area contributed by atoms with Crippen LogP contribution in [-0.4, -0.2) is 65.1 Å². The lowest BCUT2D eigenvalue weighted by Crippen LogP contribution is -2.61. The normalized spacial score (nSPS) is 21.4. The maximum absolute atomic E-state index is 14.9. The topological polar surface area (TPSA) is 98.4 Å². The molecule has 2 aromatic carbocycles. The molecule has 0 bridgehead atoms. The summed E-state index contributed by atoms with van der Waals surface area (Å²) in [5.74, 6) is 1.02. The minimum atomic E-state index is -0.729. The van der Waals surface area contributed by atoms with Crippen molar-refractivity contribution in [3.8, 4) is 22.9 Å². The average Bonchev–Trinajstić information content (AvgIpc) is 3.67. The van der Waals surface area contributed by atoms with Crippen molar-refractivity contribution in [2.24, 2.45) is 10.6 Å². The van der Waals surface area contributed by atoms with Crippen LogP contribution in [0, 0.1) is 22.6 Å². The molecule has 0 atom stereocenters. The van der Waals surface area contributed by atoms with Crippen molar-refractivity contribution < 1.29 is 23.9 Å². The molecule has 0 unspecified atom stereocenters. The van der Waals surface area contributed by atoms with Gasteiger partial charge in [-0.3, -0.25) is 9.69 Å². The highest BCUT2D eigenvalue weighted by Crippen LogP contribution is 2.51. The quantitative estimate of drug-likeness (QED) is 0.515. The van der Waals surface area contributed by atoms with Gasteiger partial charge in [0, 0.05) is 49.4 Å². The first-order valence-electron chi connectivity index (χ1n) is 14.2. The van der Waals surface area contributed by atoms with Crippen LogP contribution >= 0.6 is 0 Å². The van der Waals surface area contributed by atoms with Gasteiger partial charge in [0.15, 0.2) is 5.60 Å². The number of carboxylic acid groups (broad SMARTS) is 1. The Morgan fingerprint density at radius 1 is 1.23 bits per heavy atom. The monoisotopic (exact) mass is 546 g/mol. The highest BCUT2D eigenvalue weighted by molar-refractivity contribution is 5.85. The first-order chi connectivity index (χ1) is 19.2. The molecule has 9 heteroatoms. The van der Waals surface area contributed by atoms with Crippen LogP contribution in [0.3, 0.4) is 0 Å². The van der Waals surface area contributed by atoms with E-state index in [-0.39, 0.29) is 11.4 Å². The number of ether oxygens (including phenoxy) is 1. The largest absolute Gasteiger partial charge is 0.493 e. The second-order valence-corrected chi connectivity index (χ2v) is 12.0. The summed E-state index contributed by atoms with van der Waals surface area (Å²) in [5, 5.41) is 23.3. The number of nitrogens with zero attached hydrogens (tertiary/aromatic N) is 4. The third kappa shape index (κ3) is 4.79. The number of hydrogen-bond donors (Lipinski definition) is 1. The van der Waals surface area contributed by atoms with Gasteiger partial charge in [0.2, 0.25) is 0 Å². The number of aliphatic carboxylic acids is 1. The predicted molar refractivity (Wildman–Crippen MR) is 147 cm³/mol. The number of nitriles is 1. The van der Waals surface area contributed by atoms with Gasteiger partial charge in [-0.25, -0.2) is 4.39 Å². The minimum Gasteiger partial charge on any atom is -0.493 e. The highest BCUT2D eigenvalue weighted by Gasteiger charge is 2.51. The Kier molecular flexibility index (Phi) is 6.70. The molecule has 1 N–H and O–H groups in total. The molecule has 8 nitrogen and oxygen atoms in total. The SMILES string of the molecule is CCOc1c(CN2CC3(CC(N4CCC(C)(C(=O)O)CC4)=NO3)C2)ccc(-c2cc(C#N)ccc2F)c1C1CC1. The summed E-state index contributed by atoms with van der Waals surface area (Å²) >= 11 is 0. The Labute approximate surface area is 234 Å². The molecule has 1 aliphatic carbocycles. The number of halogens is 1. The number of oxime groups is 1. The fourth-order valence-electron chi connectivity index (χ4n) is 6.33. The Morgan fingerprint density at radius 3 is 2.62 bits per heavy atom. The van der Waals surface area contributed by atoms with Crippen LogP contribution in [0.15, 0.2) is 35.5 Å². The number of amidine groups is 1. The minimum absolute atomic E-state index is 0.325. The molecule has 3 aliphatic heterocycles. The molecule has 1 saturated carbocycles. The summed E-state index contributed by atoms with van der Waals surface area (Å²) in [6.07, 6.45) is 4.01. The molecule has 2 aromatic rings. The number of hydrogen-bond acceptors (Lipinski definition) is 7. The van der Waals surface area contributed by atoms with Crippen molar-refractivity contribution in [1.82, 2.24) is 9.80 Å². The number of carbonyl (C=O) groups is 1. The van der Waals surface area contributed by atoms with E-state index in [1.54, 1.807) is 6.07 Å². The van der Waals surface area contributed by atoms with Crippen molar-refractivity contribution in [1.29, 1.82) is 5.26 Å². The van der Waals surface area contributed by atoms with E-state index in [1.165, 1.54) is 12.1 Å². The molecular formula is C31H35FN4O4. The molecule has 3 fully saturated rings. The maximum atomic E-state index is 14.9. The number of likely N-dealkylation sites (tertiary alicyclic amines) is 2. The summed E-state index contributed by atoms with van der Waals surface area (Å²) in [7, 11) is 0. The molecule has 1 spiro atoms. The van der Waals surface area contributed by atoms with E-state index < -0.39 is 11.4 Å². The Balaban J connectivity index is 1.16. The van der Waals surface area contributed by atoms with Gasteiger partial charge in [-0.05, 0) is 69.2 Å². The first kappa shape index (κ1) is 26.6. The summed E-state index contributed by atoms with van der Waals surface area (Å²) in [6, 6.07) is 10.6. The third-order valence-electron chi connectivity index (χ3n) is 8.93. The van der Waals surface area contributed by atoms with E-state index in [0.29, 0.717) is 56.1 Å². The van der Waals surface area contributed by atoms with Gasteiger partial charge in [0.1, 0.15) is 17.4 Å². The van der Waals surface area contributed by atoms with E-state index in [2.05, 4.69) is 21.0 Å². The molecule has 0 amide bonds. The number of rotatable bonds is 7. The van der Waals surface area contributed by atoms with Gasteiger partial charge in [-0.2, -0.15) is 5.26 Å². The Morgan fingerprint density at radius 2 is 1.98 bits per heavy atom. The number of piperidine rings is 1. The second-order valence-electron chi connectivity index (χ2n) is 12.0. The van der Waals surface area contributed by atoms with E-state index in [1.807, 2.05) is 26.0 Å². The van der Waals surface area contributed by atoms with Crippen molar-refractivity contribution in [2.75, 3.05) is 32.8 Å². The fraction of sp³-hybridized carbons (Fsp3) is 0.516. The van der Waals surface area contributed by atoms with Crippen molar-refractivity contribution in [3.63, 3.8) is 0 Å². The molecule has 210 valence electrons. The van der Waals surface area contributed by atoms with Crippen molar-refractivity contribution in [2.45, 2.75) is 64.0 Å². The van der Waals surface area contributed by atoms with Gasteiger partial charge in [0.25, 0.3) is 0 Å². The first-order valence-corrected chi connectivity index (χ1v) is 14.2. The van der Waals surface area contributed by atoms with Crippen LogP contribution < -0.4 is 4.74 Å². The van der Waals surface area contributed by atoms with Crippen LogP contribution in [0.5, 0.6) is 5.75 Å². The van der Waals surface area contributed by atoms with Crippen LogP contribution in [-0.2, 0) is 16.2 Å². The number of carboxylic acids is 1. The van der Waals surface area contributed by atoms with E-state index in [9.17, 15) is 19.6 Å². The maximum Gasteiger partial charge on any atom is 0.309 e. The molecule has 4 aliphatic rings. The summed E-state index contributed by atoms with van der Waals surface area (Å²) in [6.45, 7) is 7.83. The summed E-state index contributed by atoms with van der Waals surface area (Å²) in [4.78, 5) is 22.0. The molecular weight excluding hydrogens is 511 g/mol. The van der Waals surface area contributed by atoms with Crippen LogP contribution in [0.25, 0.3) is 11.1 Å². The van der Waals surface area contributed by atoms with Crippen LogP contribution in [0.2, 0.25) is 0 Å². The smallest absolute Gasteiger partial charge is 0.309 e. The van der Waals surface area contributed by atoms with Crippen molar-refractivity contribution in [3.05, 3.63) is 52.8 Å². The Bertz CT molecular complexity index is 1400. The zero-order chi connectivity index (χ0) is 28.1. The molecule has 2 saturated heterocycles. The summed E-state index contributed by atoms with van der Waals surface area (Å²) in [5.41, 5.74) is 2.80. The zero-order valence-corrected chi connectivity index (χ0v) is 23.1. The zero-order valence-electron chi connectivity index (χ0n) is 23.1. The third-order valence-corrected chi connectivity index (χ3v) is 8.93. The van der Waals surface area contributed by atoms with Gasteiger partial charge < -0.3 is 19.6 Å². The van der Waals surface area contributed by atoms with Gasteiger partial charge in [-0.15, -0.1) is 0 Å².